The van der Waals surface area contributed by atoms with Gasteiger partial charge in [0.05, 0.1) is 6.61 Å². The number of rotatable bonds is 3. The van der Waals surface area contributed by atoms with Gasteiger partial charge in [0.15, 0.2) is 0 Å². The maximum atomic E-state index is 9.60. The average Bonchev–Trinajstić information content (AvgIpc) is 2.17. The lowest BCUT2D eigenvalue weighted by Crippen LogP contribution is -2.38. The molecule has 0 aromatic heterocycles. The van der Waals surface area contributed by atoms with Gasteiger partial charge in [-0.25, -0.2) is 0 Å². The molecule has 1 fully saturated rings. The Balaban J connectivity index is 2.42. The molecule has 0 amide bonds. The summed E-state index contributed by atoms with van der Waals surface area (Å²) in [5, 5.41) is 9.60. The minimum absolute atomic E-state index is 0.0842. The van der Waals surface area contributed by atoms with Crippen molar-refractivity contribution in [3.63, 3.8) is 0 Å². The van der Waals surface area contributed by atoms with Crippen molar-refractivity contribution in [2.24, 2.45) is 0 Å². The smallest absolute Gasteiger partial charge is 0.0528 e. The van der Waals surface area contributed by atoms with Gasteiger partial charge in [0.2, 0.25) is 0 Å². The zero-order chi connectivity index (χ0) is 10.9. The van der Waals surface area contributed by atoms with Crippen molar-refractivity contribution in [3.05, 3.63) is 35.4 Å². The molecule has 0 bridgehead atoms. The van der Waals surface area contributed by atoms with E-state index in [0.29, 0.717) is 12.5 Å². The van der Waals surface area contributed by atoms with Gasteiger partial charge in [-0.2, -0.15) is 0 Å². The molecule has 1 N–H and O–H groups in total. The van der Waals surface area contributed by atoms with Crippen molar-refractivity contribution in [1.82, 2.24) is 0 Å². The van der Waals surface area contributed by atoms with Gasteiger partial charge in [0.25, 0.3) is 0 Å². The van der Waals surface area contributed by atoms with E-state index in [1.165, 1.54) is 17.5 Å². The van der Waals surface area contributed by atoms with Crippen molar-refractivity contribution < 1.29 is 5.11 Å². The van der Waals surface area contributed by atoms with Crippen LogP contribution in [0.2, 0.25) is 0 Å². The van der Waals surface area contributed by atoms with E-state index < -0.39 is 0 Å². The molecule has 1 aliphatic rings. The predicted octanol–water partition coefficient (Wildman–Crippen LogP) is 3.22. The van der Waals surface area contributed by atoms with Crippen LogP contribution in [0, 0.1) is 0 Å². The number of benzene rings is 1. The normalized spacial score (nSPS) is 18.9. The first-order chi connectivity index (χ1) is 7.19. The van der Waals surface area contributed by atoms with Gasteiger partial charge in [-0.15, -0.1) is 0 Å². The van der Waals surface area contributed by atoms with E-state index in [1.54, 1.807) is 0 Å². The summed E-state index contributed by atoms with van der Waals surface area (Å²) in [5.74, 6) is 0.547. The van der Waals surface area contributed by atoms with Gasteiger partial charge in [0, 0.05) is 5.41 Å². The highest BCUT2D eigenvalue weighted by molar-refractivity contribution is 5.38. The van der Waals surface area contributed by atoms with Gasteiger partial charge in [-0.05, 0) is 29.9 Å². The molecule has 0 unspecified atom stereocenters. The highest BCUT2D eigenvalue weighted by atomic mass is 16.3. The lowest BCUT2D eigenvalue weighted by molar-refractivity contribution is 0.119. The summed E-state index contributed by atoms with van der Waals surface area (Å²) >= 11 is 0. The van der Waals surface area contributed by atoms with Crippen LogP contribution in [0.1, 0.15) is 50.2 Å². The lowest BCUT2D eigenvalue weighted by atomic mass is 9.63. The standard InChI is InChI=1S/C14H20O/c1-11(2)12-6-3-4-7-13(12)14(10-15)8-5-9-14/h3-4,6-7,11,15H,5,8-10H2,1-2H3. The summed E-state index contributed by atoms with van der Waals surface area (Å²) in [5.41, 5.74) is 2.88. The Bertz CT molecular complexity index is 331. The Hall–Kier alpha value is -0.820. The second-order valence-electron chi connectivity index (χ2n) is 5.03. The summed E-state index contributed by atoms with van der Waals surface area (Å²) in [7, 11) is 0. The molecule has 0 aliphatic heterocycles. The molecule has 1 nitrogen and oxygen atoms in total. The van der Waals surface area contributed by atoms with Gasteiger partial charge >= 0.3 is 0 Å². The van der Waals surface area contributed by atoms with Crippen LogP contribution in [0.25, 0.3) is 0 Å². The zero-order valence-electron chi connectivity index (χ0n) is 9.66. The Labute approximate surface area is 92.1 Å². The van der Waals surface area contributed by atoms with Crippen LogP contribution in [-0.2, 0) is 5.41 Å². The Morgan fingerprint density at radius 2 is 1.93 bits per heavy atom. The van der Waals surface area contributed by atoms with E-state index in [1.807, 2.05) is 0 Å². The van der Waals surface area contributed by atoms with Crippen LogP contribution < -0.4 is 0 Å². The third-order valence-corrected chi connectivity index (χ3v) is 3.77. The number of hydrogen-bond acceptors (Lipinski definition) is 1. The van der Waals surface area contributed by atoms with Crippen molar-refractivity contribution in [2.75, 3.05) is 6.61 Å². The SMILES string of the molecule is CC(C)c1ccccc1C1(CO)CCC1. The summed E-state index contributed by atoms with van der Waals surface area (Å²) < 4.78 is 0. The molecule has 1 aromatic rings. The number of aliphatic hydroxyl groups excluding tert-OH is 1. The Kier molecular flexibility index (Phi) is 2.83. The highest BCUT2D eigenvalue weighted by Gasteiger charge is 2.39. The topological polar surface area (TPSA) is 20.2 Å². The highest BCUT2D eigenvalue weighted by Crippen LogP contribution is 2.45. The molecule has 2 rings (SSSR count). The molecule has 0 spiro atoms. The predicted molar refractivity (Wildman–Crippen MR) is 63.1 cm³/mol. The minimum Gasteiger partial charge on any atom is -0.395 e. The van der Waals surface area contributed by atoms with Crippen LogP contribution in [0.5, 0.6) is 0 Å². The van der Waals surface area contributed by atoms with E-state index >= 15 is 0 Å². The lowest BCUT2D eigenvalue weighted by Gasteiger charge is -2.42. The molecule has 0 atom stereocenters. The van der Waals surface area contributed by atoms with E-state index in [9.17, 15) is 5.11 Å². The van der Waals surface area contributed by atoms with Crippen LogP contribution in [0.3, 0.4) is 0 Å². The molecule has 0 radical (unpaired) electrons. The van der Waals surface area contributed by atoms with Crippen LogP contribution in [-0.4, -0.2) is 11.7 Å². The summed E-state index contributed by atoms with van der Waals surface area (Å²) in [4.78, 5) is 0. The third kappa shape index (κ3) is 1.69. The van der Waals surface area contributed by atoms with Crippen molar-refractivity contribution >= 4 is 0 Å². The average molecular weight is 204 g/mol. The molecule has 15 heavy (non-hydrogen) atoms. The van der Waals surface area contributed by atoms with E-state index in [0.717, 1.165) is 12.8 Å². The largest absolute Gasteiger partial charge is 0.395 e. The van der Waals surface area contributed by atoms with Gasteiger partial charge in [-0.3, -0.25) is 0 Å². The van der Waals surface area contributed by atoms with E-state index in [4.69, 9.17) is 0 Å². The Morgan fingerprint density at radius 1 is 1.27 bits per heavy atom. The first kappa shape index (κ1) is 10.7. The van der Waals surface area contributed by atoms with Crippen LogP contribution in [0.15, 0.2) is 24.3 Å². The molecule has 1 heteroatoms. The summed E-state index contributed by atoms with van der Waals surface area (Å²) in [6, 6.07) is 8.60. The molecule has 1 aromatic carbocycles. The molecule has 1 aliphatic carbocycles. The molecular weight excluding hydrogens is 184 g/mol. The van der Waals surface area contributed by atoms with Gasteiger partial charge < -0.3 is 5.11 Å². The molecule has 0 heterocycles. The second kappa shape index (κ2) is 3.97. The first-order valence-electron chi connectivity index (χ1n) is 5.90. The second-order valence-corrected chi connectivity index (χ2v) is 5.03. The van der Waals surface area contributed by atoms with Gasteiger partial charge in [-0.1, -0.05) is 44.5 Å². The number of aliphatic hydroxyl groups is 1. The van der Waals surface area contributed by atoms with Gasteiger partial charge in [0.1, 0.15) is 0 Å². The zero-order valence-corrected chi connectivity index (χ0v) is 9.66. The monoisotopic (exact) mass is 204 g/mol. The minimum atomic E-state index is 0.0842. The molecular formula is C14H20O. The third-order valence-electron chi connectivity index (χ3n) is 3.77. The molecule has 0 saturated heterocycles. The van der Waals surface area contributed by atoms with E-state index in [-0.39, 0.29) is 5.41 Å². The van der Waals surface area contributed by atoms with Crippen LogP contribution in [0.4, 0.5) is 0 Å². The van der Waals surface area contributed by atoms with Crippen LogP contribution >= 0.6 is 0 Å². The molecule has 82 valence electrons. The maximum absolute atomic E-state index is 9.60. The van der Waals surface area contributed by atoms with Crippen molar-refractivity contribution in [1.29, 1.82) is 0 Å². The first-order valence-corrected chi connectivity index (χ1v) is 5.90. The van der Waals surface area contributed by atoms with Crippen molar-refractivity contribution in [2.45, 2.75) is 44.4 Å². The fraction of sp³-hybridized carbons (Fsp3) is 0.571. The Morgan fingerprint density at radius 3 is 2.40 bits per heavy atom. The summed E-state index contributed by atoms with van der Waals surface area (Å²) in [6.45, 7) is 4.75. The maximum Gasteiger partial charge on any atom is 0.0528 e. The number of hydrogen-bond donors (Lipinski definition) is 1. The summed E-state index contributed by atoms with van der Waals surface area (Å²) in [6.07, 6.45) is 3.55. The molecule has 1 saturated carbocycles. The quantitative estimate of drug-likeness (QED) is 0.801. The fourth-order valence-corrected chi connectivity index (χ4v) is 2.60. The van der Waals surface area contributed by atoms with Crippen molar-refractivity contribution in [3.8, 4) is 0 Å². The fourth-order valence-electron chi connectivity index (χ4n) is 2.60. The van der Waals surface area contributed by atoms with E-state index in [2.05, 4.69) is 38.1 Å².